The summed E-state index contributed by atoms with van der Waals surface area (Å²) in [6, 6.07) is -0.719. The standard InChI is InChI=1S/C76H147NO8/c1-3-5-7-9-11-13-15-17-19-21-23-25-27-29-31-33-35-37-39-41-43-45-47-49-51-53-55-57-59-61-63-65-70(79)69(68-84-76-75(83)74(82)73(81)71(67-78)85-76)77-72(80)66-64-62-60-58-56-54-52-50-48-46-44-42-40-38-36-34-32-30-28-26-24-22-20-18-16-14-12-10-8-6-4-2/h16,18,22,24,69-71,73-76,78-79,81-83H,3-15,17,19-21,23,25-68H2,1-2H3,(H,77,80)/b18-16-,24-22-. The van der Waals surface area contributed by atoms with E-state index in [4.69, 9.17) is 9.47 Å². The lowest BCUT2D eigenvalue weighted by atomic mass is 9.99. The van der Waals surface area contributed by atoms with Crippen molar-refractivity contribution in [3.63, 3.8) is 0 Å². The summed E-state index contributed by atoms with van der Waals surface area (Å²) >= 11 is 0. The van der Waals surface area contributed by atoms with E-state index in [1.54, 1.807) is 0 Å². The molecule has 1 rings (SSSR count). The van der Waals surface area contributed by atoms with E-state index in [1.165, 1.54) is 327 Å². The number of carbonyl (C=O) groups is 1. The van der Waals surface area contributed by atoms with Crippen molar-refractivity contribution in [1.82, 2.24) is 5.32 Å². The van der Waals surface area contributed by atoms with Crippen LogP contribution in [0.4, 0.5) is 0 Å². The van der Waals surface area contributed by atoms with Crippen LogP contribution < -0.4 is 5.32 Å². The van der Waals surface area contributed by atoms with Crippen LogP contribution in [0.15, 0.2) is 24.3 Å². The van der Waals surface area contributed by atoms with Crippen LogP contribution >= 0.6 is 0 Å². The molecule has 0 aromatic carbocycles. The van der Waals surface area contributed by atoms with E-state index in [9.17, 15) is 30.3 Å². The molecular formula is C76H147NO8. The van der Waals surface area contributed by atoms with Gasteiger partial charge < -0.3 is 40.3 Å². The number of unbranched alkanes of at least 4 members (excludes halogenated alkanes) is 54. The molecule has 0 bridgehead atoms. The number of rotatable bonds is 68. The van der Waals surface area contributed by atoms with Gasteiger partial charge in [-0.25, -0.2) is 0 Å². The van der Waals surface area contributed by atoms with Crippen molar-refractivity contribution < 1.29 is 39.8 Å². The van der Waals surface area contributed by atoms with Gasteiger partial charge in [0.05, 0.1) is 25.4 Å². The van der Waals surface area contributed by atoms with Gasteiger partial charge in [0.25, 0.3) is 0 Å². The quantitative estimate of drug-likeness (QED) is 0.0261. The molecule has 1 saturated heterocycles. The Labute approximate surface area is 528 Å². The first-order chi connectivity index (χ1) is 41.8. The molecule has 1 fully saturated rings. The molecule has 1 heterocycles. The summed E-state index contributed by atoms with van der Waals surface area (Å²) in [4.78, 5) is 13.2. The second-order valence-corrected chi connectivity index (χ2v) is 26.8. The fraction of sp³-hybridized carbons (Fsp3) is 0.934. The average Bonchev–Trinajstić information content (AvgIpc) is 3.54. The lowest BCUT2D eigenvalue weighted by Gasteiger charge is -2.40. The molecule has 9 heteroatoms. The Morgan fingerprint density at radius 3 is 1.01 bits per heavy atom. The summed E-state index contributed by atoms with van der Waals surface area (Å²) in [5.74, 6) is -0.135. The van der Waals surface area contributed by atoms with Crippen LogP contribution in [0.5, 0.6) is 0 Å². The van der Waals surface area contributed by atoms with E-state index in [1.807, 2.05) is 0 Å². The first-order valence-electron chi connectivity index (χ1n) is 38.0. The number of hydrogen-bond donors (Lipinski definition) is 6. The van der Waals surface area contributed by atoms with Gasteiger partial charge in [0.1, 0.15) is 24.4 Å². The van der Waals surface area contributed by atoms with Gasteiger partial charge in [0.2, 0.25) is 5.91 Å². The van der Waals surface area contributed by atoms with E-state index >= 15 is 0 Å². The first-order valence-corrected chi connectivity index (χ1v) is 38.0. The van der Waals surface area contributed by atoms with E-state index in [0.29, 0.717) is 12.8 Å². The minimum atomic E-state index is -1.55. The van der Waals surface area contributed by atoms with Gasteiger partial charge in [-0.05, 0) is 44.9 Å². The molecule has 504 valence electrons. The molecule has 6 N–H and O–H groups in total. The first kappa shape index (κ1) is 81.7. The van der Waals surface area contributed by atoms with Gasteiger partial charge in [-0.15, -0.1) is 0 Å². The predicted octanol–water partition coefficient (Wildman–Crippen LogP) is 21.2. The summed E-state index contributed by atoms with van der Waals surface area (Å²) in [7, 11) is 0. The van der Waals surface area contributed by atoms with Crippen molar-refractivity contribution in [1.29, 1.82) is 0 Å². The third-order valence-corrected chi connectivity index (χ3v) is 18.6. The SMILES string of the molecule is CCCCCCC/C=C\C/C=C\CCCCCCCCCCCCCCCCCCCCCC(=O)NC(COC1OC(CO)C(O)C(O)C1O)C(O)CCCCCCCCCCCCCCCCCCCCCCCCCCCCCCCCC. The summed E-state index contributed by atoms with van der Waals surface area (Å²) in [5, 5.41) is 55.0. The zero-order valence-electron chi connectivity index (χ0n) is 56.7. The van der Waals surface area contributed by atoms with Crippen molar-refractivity contribution >= 4 is 5.91 Å². The molecule has 0 radical (unpaired) electrons. The number of allylic oxidation sites excluding steroid dienone is 4. The fourth-order valence-electron chi connectivity index (χ4n) is 12.6. The molecule has 7 atom stereocenters. The normalized spacial score (nSPS) is 18.1. The predicted molar refractivity (Wildman–Crippen MR) is 364 cm³/mol. The van der Waals surface area contributed by atoms with E-state index in [2.05, 4.69) is 43.5 Å². The van der Waals surface area contributed by atoms with Crippen LogP contribution in [0.3, 0.4) is 0 Å². The number of nitrogens with one attached hydrogen (secondary N) is 1. The monoisotopic (exact) mass is 1200 g/mol. The zero-order chi connectivity index (χ0) is 61.4. The minimum Gasteiger partial charge on any atom is -0.394 e. The lowest BCUT2D eigenvalue weighted by Crippen LogP contribution is -2.60. The molecule has 0 aromatic heterocycles. The molecule has 1 amide bonds. The summed E-state index contributed by atoms with van der Waals surface area (Å²) < 4.78 is 11.4. The molecule has 85 heavy (non-hydrogen) atoms. The number of aliphatic hydroxyl groups is 5. The highest BCUT2D eigenvalue weighted by atomic mass is 16.7. The van der Waals surface area contributed by atoms with E-state index in [-0.39, 0.29) is 12.5 Å². The minimum absolute atomic E-state index is 0.133. The maximum absolute atomic E-state index is 13.2. The Balaban J connectivity index is 2.07. The molecule has 0 aromatic rings. The summed E-state index contributed by atoms with van der Waals surface area (Å²) in [5.41, 5.74) is 0. The molecule has 0 aliphatic carbocycles. The Hall–Kier alpha value is -1.33. The Morgan fingerprint density at radius 2 is 0.694 bits per heavy atom. The van der Waals surface area contributed by atoms with Crippen molar-refractivity contribution in [2.45, 2.75) is 442 Å². The van der Waals surface area contributed by atoms with Crippen LogP contribution in [-0.2, 0) is 14.3 Å². The second-order valence-electron chi connectivity index (χ2n) is 26.8. The largest absolute Gasteiger partial charge is 0.394 e. The zero-order valence-corrected chi connectivity index (χ0v) is 56.7. The average molecular weight is 1200 g/mol. The van der Waals surface area contributed by atoms with Crippen molar-refractivity contribution in [3.05, 3.63) is 24.3 Å². The molecule has 0 saturated carbocycles. The number of hydrogen-bond acceptors (Lipinski definition) is 8. The highest BCUT2D eigenvalue weighted by molar-refractivity contribution is 5.76. The second kappa shape index (κ2) is 65.6. The van der Waals surface area contributed by atoms with Crippen molar-refractivity contribution in [3.8, 4) is 0 Å². The Morgan fingerprint density at radius 1 is 0.400 bits per heavy atom. The van der Waals surface area contributed by atoms with Gasteiger partial charge in [-0.1, -0.05) is 372 Å². The van der Waals surface area contributed by atoms with E-state index < -0.39 is 49.5 Å². The number of amides is 1. The van der Waals surface area contributed by atoms with Gasteiger partial charge in [-0.2, -0.15) is 0 Å². The van der Waals surface area contributed by atoms with Gasteiger partial charge in [0, 0.05) is 6.42 Å². The molecule has 1 aliphatic heterocycles. The maximum Gasteiger partial charge on any atom is 0.220 e. The van der Waals surface area contributed by atoms with Gasteiger partial charge in [-0.3, -0.25) is 4.79 Å². The van der Waals surface area contributed by atoms with Gasteiger partial charge in [0.15, 0.2) is 6.29 Å². The molecule has 7 unspecified atom stereocenters. The summed E-state index contributed by atoms with van der Waals surface area (Å²) in [6.45, 7) is 3.89. The highest BCUT2D eigenvalue weighted by Gasteiger charge is 2.44. The van der Waals surface area contributed by atoms with Crippen LogP contribution in [0.2, 0.25) is 0 Å². The molecule has 0 spiro atoms. The fourth-order valence-corrected chi connectivity index (χ4v) is 12.6. The van der Waals surface area contributed by atoms with Crippen LogP contribution in [-0.4, -0.2) is 87.5 Å². The number of carbonyl (C=O) groups excluding carboxylic acids is 1. The van der Waals surface area contributed by atoms with Gasteiger partial charge >= 0.3 is 0 Å². The van der Waals surface area contributed by atoms with Crippen LogP contribution in [0.25, 0.3) is 0 Å². The number of aliphatic hydroxyl groups excluding tert-OH is 5. The number of ether oxygens (including phenoxy) is 2. The van der Waals surface area contributed by atoms with E-state index in [0.717, 1.165) is 44.9 Å². The molecule has 1 aliphatic rings. The molecule has 9 nitrogen and oxygen atoms in total. The lowest BCUT2D eigenvalue weighted by molar-refractivity contribution is -0.302. The summed E-state index contributed by atoms with van der Waals surface area (Å²) in [6.07, 6.45) is 79.8. The highest BCUT2D eigenvalue weighted by Crippen LogP contribution is 2.24. The topological polar surface area (TPSA) is 149 Å². The maximum atomic E-state index is 13.2. The van der Waals surface area contributed by atoms with Crippen molar-refractivity contribution in [2.24, 2.45) is 0 Å². The van der Waals surface area contributed by atoms with Crippen LogP contribution in [0.1, 0.15) is 399 Å². The third-order valence-electron chi connectivity index (χ3n) is 18.6. The Bertz CT molecular complexity index is 1390. The van der Waals surface area contributed by atoms with Crippen molar-refractivity contribution in [2.75, 3.05) is 13.2 Å². The van der Waals surface area contributed by atoms with Crippen LogP contribution in [0, 0.1) is 0 Å². The molecular weight excluding hydrogens is 1050 g/mol. The smallest absolute Gasteiger partial charge is 0.220 e. The Kier molecular flexibility index (Phi) is 63.1. The third kappa shape index (κ3) is 54.2.